The van der Waals surface area contributed by atoms with E-state index in [1.165, 1.54) is 6.20 Å². The lowest BCUT2D eigenvalue weighted by atomic mass is 9.87. The standard InChI is InChI=1S/C11H19ClN4/c1-7(11(2,3)4)16(5)9-8(13)6-14-10(12)15-9/h6-7H,13H2,1-5H3. The second-order valence-corrected chi connectivity index (χ2v) is 5.41. The van der Waals surface area contributed by atoms with Gasteiger partial charge in [0.15, 0.2) is 5.82 Å². The Kier molecular flexibility index (Phi) is 3.63. The average molecular weight is 243 g/mol. The molecule has 0 spiro atoms. The van der Waals surface area contributed by atoms with Crippen LogP contribution in [0.3, 0.4) is 0 Å². The van der Waals surface area contributed by atoms with Crippen LogP contribution >= 0.6 is 11.6 Å². The van der Waals surface area contributed by atoms with E-state index in [0.29, 0.717) is 17.5 Å². The molecule has 16 heavy (non-hydrogen) atoms. The Morgan fingerprint density at radius 2 is 2.00 bits per heavy atom. The van der Waals surface area contributed by atoms with Crippen molar-refractivity contribution in [3.8, 4) is 0 Å². The Hall–Kier alpha value is -1.03. The molecule has 1 aromatic heterocycles. The quantitative estimate of drug-likeness (QED) is 0.810. The Morgan fingerprint density at radius 1 is 1.44 bits per heavy atom. The van der Waals surface area contributed by atoms with Crippen LogP contribution in [-0.2, 0) is 0 Å². The van der Waals surface area contributed by atoms with Gasteiger partial charge >= 0.3 is 0 Å². The molecule has 0 aromatic carbocycles. The lowest BCUT2D eigenvalue weighted by Crippen LogP contribution is -2.40. The van der Waals surface area contributed by atoms with E-state index in [1.807, 2.05) is 11.9 Å². The molecule has 0 bridgehead atoms. The summed E-state index contributed by atoms with van der Waals surface area (Å²) in [6.45, 7) is 8.66. The normalized spacial score (nSPS) is 13.6. The molecular weight excluding hydrogens is 224 g/mol. The molecule has 0 fully saturated rings. The maximum Gasteiger partial charge on any atom is 0.224 e. The van der Waals surface area contributed by atoms with E-state index in [1.54, 1.807) is 0 Å². The number of aromatic nitrogens is 2. The molecule has 0 aliphatic rings. The van der Waals surface area contributed by atoms with Gasteiger partial charge in [-0.15, -0.1) is 0 Å². The fraction of sp³-hybridized carbons (Fsp3) is 0.636. The third kappa shape index (κ3) is 2.76. The highest BCUT2D eigenvalue weighted by atomic mass is 35.5. The molecule has 90 valence electrons. The molecule has 1 unspecified atom stereocenters. The van der Waals surface area contributed by atoms with Crippen LogP contribution < -0.4 is 10.6 Å². The number of rotatable bonds is 2. The zero-order valence-corrected chi connectivity index (χ0v) is 11.2. The topological polar surface area (TPSA) is 55.0 Å². The average Bonchev–Trinajstić information content (AvgIpc) is 2.18. The highest BCUT2D eigenvalue weighted by molar-refractivity contribution is 6.28. The molecule has 1 atom stereocenters. The number of hydrogen-bond acceptors (Lipinski definition) is 4. The minimum absolute atomic E-state index is 0.138. The minimum atomic E-state index is 0.138. The van der Waals surface area contributed by atoms with Crippen molar-refractivity contribution in [3.63, 3.8) is 0 Å². The zero-order valence-electron chi connectivity index (χ0n) is 10.5. The van der Waals surface area contributed by atoms with Crippen molar-refractivity contribution < 1.29 is 0 Å². The Balaban J connectivity index is 3.05. The Bertz CT molecular complexity index is 373. The third-order valence-corrected chi connectivity index (χ3v) is 3.12. The summed E-state index contributed by atoms with van der Waals surface area (Å²) in [7, 11) is 1.96. The lowest BCUT2D eigenvalue weighted by Gasteiger charge is -2.36. The summed E-state index contributed by atoms with van der Waals surface area (Å²) >= 11 is 5.78. The van der Waals surface area contributed by atoms with Crippen molar-refractivity contribution in [1.29, 1.82) is 0 Å². The van der Waals surface area contributed by atoms with E-state index < -0.39 is 0 Å². The van der Waals surface area contributed by atoms with Gasteiger partial charge in [-0.3, -0.25) is 0 Å². The van der Waals surface area contributed by atoms with Crippen LogP contribution in [0.25, 0.3) is 0 Å². The van der Waals surface area contributed by atoms with Gasteiger partial charge in [-0.05, 0) is 23.9 Å². The highest BCUT2D eigenvalue weighted by Crippen LogP contribution is 2.29. The molecule has 2 N–H and O–H groups in total. The van der Waals surface area contributed by atoms with E-state index in [4.69, 9.17) is 17.3 Å². The van der Waals surface area contributed by atoms with E-state index >= 15 is 0 Å². The second-order valence-electron chi connectivity index (χ2n) is 5.07. The molecule has 0 radical (unpaired) electrons. The fourth-order valence-corrected chi connectivity index (χ4v) is 1.54. The summed E-state index contributed by atoms with van der Waals surface area (Å²) in [5.74, 6) is 0.683. The molecule has 0 amide bonds. The first-order valence-electron chi connectivity index (χ1n) is 5.24. The maximum absolute atomic E-state index is 5.85. The van der Waals surface area contributed by atoms with Crippen LogP contribution in [0, 0.1) is 5.41 Å². The molecule has 0 saturated heterocycles. The maximum atomic E-state index is 5.85. The fourth-order valence-electron chi connectivity index (χ4n) is 1.41. The van der Waals surface area contributed by atoms with Gasteiger partial charge < -0.3 is 10.6 Å². The van der Waals surface area contributed by atoms with Crippen molar-refractivity contribution >= 4 is 23.1 Å². The monoisotopic (exact) mass is 242 g/mol. The molecule has 4 nitrogen and oxygen atoms in total. The number of nitrogens with two attached hydrogens (primary N) is 1. The van der Waals surface area contributed by atoms with Crippen molar-refractivity contribution in [2.24, 2.45) is 5.41 Å². The van der Waals surface area contributed by atoms with Gasteiger partial charge in [0.05, 0.1) is 11.9 Å². The molecule has 0 aliphatic heterocycles. The third-order valence-electron chi connectivity index (χ3n) is 2.93. The van der Waals surface area contributed by atoms with Gasteiger partial charge in [0.2, 0.25) is 5.28 Å². The number of halogens is 1. The molecule has 0 saturated carbocycles. The van der Waals surface area contributed by atoms with E-state index in [2.05, 4.69) is 37.7 Å². The summed E-state index contributed by atoms with van der Waals surface area (Å²) in [6, 6.07) is 0.292. The number of hydrogen-bond donors (Lipinski definition) is 1. The smallest absolute Gasteiger partial charge is 0.224 e. The highest BCUT2D eigenvalue weighted by Gasteiger charge is 2.26. The van der Waals surface area contributed by atoms with Crippen LogP contribution in [0.2, 0.25) is 5.28 Å². The Morgan fingerprint density at radius 3 is 2.50 bits per heavy atom. The van der Waals surface area contributed by atoms with Crippen LogP contribution in [0.5, 0.6) is 0 Å². The summed E-state index contributed by atoms with van der Waals surface area (Å²) in [4.78, 5) is 10.0. The summed E-state index contributed by atoms with van der Waals surface area (Å²) in [5, 5.41) is 0.220. The molecule has 1 rings (SSSR count). The Labute approximate surface area is 102 Å². The first kappa shape index (κ1) is 13.0. The van der Waals surface area contributed by atoms with Gasteiger partial charge in [-0.25, -0.2) is 4.98 Å². The van der Waals surface area contributed by atoms with Gasteiger partial charge in [0.25, 0.3) is 0 Å². The minimum Gasteiger partial charge on any atom is -0.394 e. The van der Waals surface area contributed by atoms with E-state index in [9.17, 15) is 0 Å². The summed E-state index contributed by atoms with van der Waals surface area (Å²) in [6.07, 6.45) is 1.54. The predicted molar refractivity (Wildman–Crippen MR) is 68.8 cm³/mol. The molecule has 5 heteroatoms. The molecule has 1 aromatic rings. The molecular formula is C11H19ClN4. The first-order valence-corrected chi connectivity index (χ1v) is 5.62. The van der Waals surface area contributed by atoms with Crippen molar-refractivity contribution in [1.82, 2.24) is 9.97 Å². The largest absolute Gasteiger partial charge is 0.394 e. The second kappa shape index (κ2) is 4.45. The van der Waals surface area contributed by atoms with Crippen LogP contribution in [0.15, 0.2) is 6.20 Å². The number of nitrogens with zero attached hydrogens (tertiary/aromatic N) is 3. The zero-order chi connectivity index (χ0) is 12.5. The molecule has 1 heterocycles. The van der Waals surface area contributed by atoms with Crippen molar-refractivity contribution in [2.45, 2.75) is 33.7 Å². The first-order chi connectivity index (χ1) is 7.23. The van der Waals surface area contributed by atoms with Crippen molar-refractivity contribution in [3.05, 3.63) is 11.5 Å². The van der Waals surface area contributed by atoms with Crippen LogP contribution in [0.4, 0.5) is 11.5 Å². The van der Waals surface area contributed by atoms with Gasteiger partial charge in [-0.2, -0.15) is 4.98 Å². The van der Waals surface area contributed by atoms with Gasteiger partial charge in [0.1, 0.15) is 0 Å². The predicted octanol–water partition coefficient (Wildman–Crippen LogP) is 2.58. The van der Waals surface area contributed by atoms with Gasteiger partial charge in [0, 0.05) is 13.1 Å². The number of nitrogen functional groups attached to an aromatic ring is 1. The van der Waals surface area contributed by atoms with E-state index in [0.717, 1.165) is 0 Å². The SMILES string of the molecule is CC(N(C)c1nc(Cl)ncc1N)C(C)(C)C. The number of anilines is 2. The molecule has 0 aliphatic carbocycles. The summed E-state index contributed by atoms with van der Waals surface area (Å²) < 4.78 is 0. The summed E-state index contributed by atoms with van der Waals surface area (Å²) in [5.41, 5.74) is 6.53. The van der Waals surface area contributed by atoms with Gasteiger partial charge in [-0.1, -0.05) is 20.8 Å². The van der Waals surface area contributed by atoms with E-state index in [-0.39, 0.29) is 10.7 Å². The van der Waals surface area contributed by atoms with Crippen molar-refractivity contribution in [2.75, 3.05) is 17.7 Å². The lowest BCUT2D eigenvalue weighted by molar-refractivity contribution is 0.329. The van der Waals surface area contributed by atoms with Crippen LogP contribution in [0.1, 0.15) is 27.7 Å². The van der Waals surface area contributed by atoms with Crippen LogP contribution in [-0.4, -0.2) is 23.1 Å².